The molecule has 0 saturated heterocycles. The fourth-order valence-electron chi connectivity index (χ4n) is 4.08. The highest BCUT2D eigenvalue weighted by atomic mass is 19.4. The number of pyridine rings is 1. The molecule has 0 bridgehead atoms. The minimum atomic E-state index is -4.41. The quantitative estimate of drug-likeness (QED) is 0.387. The third-order valence-electron chi connectivity index (χ3n) is 5.74. The number of rotatable bonds is 4. The smallest absolute Gasteiger partial charge is 0.344 e. The molecule has 0 spiro atoms. The van der Waals surface area contributed by atoms with Crippen LogP contribution in [0.15, 0.2) is 73.1 Å². The van der Waals surface area contributed by atoms with E-state index in [4.69, 9.17) is 0 Å². The van der Waals surface area contributed by atoms with Gasteiger partial charge in [0.1, 0.15) is 0 Å². The van der Waals surface area contributed by atoms with Crippen molar-refractivity contribution < 1.29 is 18.0 Å². The van der Waals surface area contributed by atoms with E-state index in [-0.39, 0.29) is 11.9 Å². The van der Waals surface area contributed by atoms with E-state index in [9.17, 15) is 18.0 Å². The van der Waals surface area contributed by atoms with Crippen LogP contribution in [0.1, 0.15) is 34.6 Å². The lowest BCUT2D eigenvalue weighted by molar-refractivity contribution is -0.137. The minimum Gasteiger partial charge on any atom is -0.344 e. The summed E-state index contributed by atoms with van der Waals surface area (Å²) < 4.78 is 42.5. The van der Waals surface area contributed by atoms with Gasteiger partial charge in [-0.25, -0.2) is 0 Å². The molecule has 172 valence electrons. The molecule has 0 unspecified atom stereocenters. The average molecular weight is 463 g/mol. The van der Waals surface area contributed by atoms with Crippen molar-refractivity contribution in [2.45, 2.75) is 19.1 Å². The Kier molecular flexibility index (Phi) is 5.11. The van der Waals surface area contributed by atoms with Crippen LogP contribution >= 0.6 is 0 Å². The molecule has 3 heterocycles. The Bertz CT molecular complexity index is 1500. The summed E-state index contributed by atoms with van der Waals surface area (Å²) in [5, 5.41) is 9.04. The second-order valence-electron chi connectivity index (χ2n) is 8.10. The number of benzene rings is 2. The van der Waals surface area contributed by atoms with E-state index < -0.39 is 11.7 Å². The fourth-order valence-corrected chi connectivity index (χ4v) is 4.08. The number of alkyl halides is 3. The van der Waals surface area contributed by atoms with Crippen molar-refractivity contribution in [3.63, 3.8) is 0 Å². The maximum absolute atomic E-state index is 13.0. The van der Waals surface area contributed by atoms with E-state index >= 15 is 0 Å². The number of hydrogen-bond acceptors (Lipinski definition) is 3. The van der Waals surface area contributed by atoms with Gasteiger partial charge in [-0.2, -0.15) is 18.3 Å². The first-order valence-electron chi connectivity index (χ1n) is 10.6. The molecule has 0 aliphatic carbocycles. The molecule has 1 amide bonds. The number of aromatic nitrogens is 4. The fraction of sp³-hybridized carbons (Fsp3) is 0.160. The van der Waals surface area contributed by atoms with Crippen LogP contribution in [-0.2, 0) is 13.2 Å². The molecule has 34 heavy (non-hydrogen) atoms. The summed E-state index contributed by atoms with van der Waals surface area (Å²) in [4.78, 5) is 17.2. The molecule has 6 nitrogen and oxygen atoms in total. The van der Waals surface area contributed by atoms with Crippen LogP contribution in [0.2, 0.25) is 0 Å². The number of carbonyl (C=O) groups is 1. The first-order valence-corrected chi connectivity index (χ1v) is 10.6. The zero-order valence-electron chi connectivity index (χ0n) is 18.3. The van der Waals surface area contributed by atoms with Gasteiger partial charge < -0.3 is 5.32 Å². The number of aryl methyl sites for hydroxylation is 1. The van der Waals surface area contributed by atoms with Gasteiger partial charge in [-0.15, -0.1) is 0 Å². The topological polar surface area (TPSA) is 64.7 Å². The number of nitrogens with zero attached hydrogens (tertiary/aromatic N) is 4. The first-order chi connectivity index (χ1) is 16.2. The normalized spacial score (nSPS) is 12.9. The van der Waals surface area contributed by atoms with E-state index in [0.29, 0.717) is 16.9 Å². The molecule has 0 fully saturated rings. The zero-order chi connectivity index (χ0) is 24.0. The number of halogens is 3. The summed E-state index contributed by atoms with van der Waals surface area (Å²) in [7, 11) is 1.77. The third kappa shape index (κ3) is 3.79. The van der Waals surface area contributed by atoms with E-state index in [1.54, 1.807) is 40.7 Å². The molecule has 0 saturated carbocycles. The van der Waals surface area contributed by atoms with Crippen molar-refractivity contribution in [2.75, 3.05) is 0 Å². The van der Waals surface area contributed by atoms with Gasteiger partial charge in [0, 0.05) is 41.5 Å². The Labute approximate surface area is 192 Å². The third-order valence-corrected chi connectivity index (χ3v) is 5.74. The predicted molar refractivity (Wildman–Crippen MR) is 123 cm³/mol. The van der Waals surface area contributed by atoms with Gasteiger partial charge in [0.15, 0.2) is 5.65 Å². The summed E-state index contributed by atoms with van der Waals surface area (Å²) in [5.74, 6) is -0.251. The second-order valence-corrected chi connectivity index (χ2v) is 8.10. The number of hydrogen-bond donors (Lipinski definition) is 1. The van der Waals surface area contributed by atoms with E-state index in [0.717, 1.165) is 34.1 Å². The Balaban J connectivity index is 1.56. The Hall–Kier alpha value is -4.14. The molecule has 5 aromatic rings. The van der Waals surface area contributed by atoms with Gasteiger partial charge >= 0.3 is 6.18 Å². The lowest BCUT2D eigenvalue weighted by Gasteiger charge is -2.13. The number of carbonyl (C=O) groups excluding carboxylic acids is 1. The molecule has 0 aliphatic rings. The molecule has 1 N–H and O–H groups in total. The lowest BCUT2D eigenvalue weighted by atomic mass is 10.1. The number of fused-ring (bicyclic) bond motifs is 3. The maximum atomic E-state index is 13.0. The number of nitrogens with one attached hydrogen (secondary N) is 1. The Morgan fingerprint density at radius 2 is 1.79 bits per heavy atom. The minimum absolute atomic E-state index is 0.251. The zero-order valence-corrected chi connectivity index (χ0v) is 18.3. The van der Waals surface area contributed by atoms with E-state index in [1.165, 1.54) is 12.1 Å². The van der Waals surface area contributed by atoms with Crippen LogP contribution in [0.4, 0.5) is 13.2 Å². The predicted octanol–water partition coefficient (Wildman–Crippen LogP) is 5.42. The summed E-state index contributed by atoms with van der Waals surface area (Å²) in [6, 6.07) is 15.5. The van der Waals surface area contributed by atoms with Crippen LogP contribution < -0.4 is 5.32 Å². The first kappa shape index (κ1) is 21.7. The SMILES string of the molecule is C[C@H](NC(=O)c1ccc2c(c1)c1cn(C)nc1n2-c1ccc(C(F)(F)F)cc1)c1ccccn1. The highest BCUT2D eigenvalue weighted by Gasteiger charge is 2.30. The molecule has 0 radical (unpaired) electrons. The standard InChI is InChI=1S/C25H20F3N5O/c1-15(21-5-3-4-12-29-21)30-24(34)16-6-11-22-19(13-16)20-14-32(2)31-23(20)33(22)18-9-7-17(8-10-18)25(26,27)28/h3-15H,1-2H3,(H,30,34)/t15-/m0/s1. The molecular weight excluding hydrogens is 443 g/mol. The van der Waals surface area contributed by atoms with Gasteiger partial charge in [0.2, 0.25) is 0 Å². The van der Waals surface area contributed by atoms with Gasteiger partial charge in [0.25, 0.3) is 5.91 Å². The van der Waals surface area contributed by atoms with Crippen LogP contribution in [0.25, 0.3) is 27.6 Å². The maximum Gasteiger partial charge on any atom is 0.416 e. The largest absolute Gasteiger partial charge is 0.416 e. The number of amides is 1. The Morgan fingerprint density at radius 3 is 2.47 bits per heavy atom. The second kappa shape index (κ2) is 8.02. The summed E-state index contributed by atoms with van der Waals surface area (Å²) >= 11 is 0. The molecule has 9 heteroatoms. The summed E-state index contributed by atoms with van der Waals surface area (Å²) in [6.07, 6.45) is -0.907. The van der Waals surface area contributed by atoms with Gasteiger partial charge in [-0.3, -0.25) is 19.0 Å². The van der Waals surface area contributed by atoms with Crippen molar-refractivity contribution >= 4 is 27.8 Å². The highest BCUT2D eigenvalue weighted by Crippen LogP contribution is 2.34. The molecular formula is C25H20F3N5O. The van der Waals surface area contributed by atoms with Crippen molar-refractivity contribution in [1.29, 1.82) is 0 Å². The molecule has 2 aromatic carbocycles. The van der Waals surface area contributed by atoms with E-state index in [2.05, 4.69) is 15.4 Å². The van der Waals surface area contributed by atoms with Crippen LogP contribution in [0.5, 0.6) is 0 Å². The molecule has 3 aromatic heterocycles. The van der Waals surface area contributed by atoms with E-state index in [1.807, 2.05) is 31.3 Å². The summed E-state index contributed by atoms with van der Waals surface area (Å²) in [5.41, 5.74) is 2.38. The van der Waals surface area contributed by atoms with Crippen molar-refractivity contribution in [3.8, 4) is 5.69 Å². The summed E-state index contributed by atoms with van der Waals surface area (Å²) in [6.45, 7) is 1.86. The van der Waals surface area contributed by atoms with Crippen LogP contribution in [0.3, 0.4) is 0 Å². The van der Waals surface area contributed by atoms with Crippen molar-refractivity contribution in [1.82, 2.24) is 24.6 Å². The van der Waals surface area contributed by atoms with Crippen molar-refractivity contribution in [3.05, 3.63) is 89.9 Å². The molecule has 0 aliphatic heterocycles. The molecule has 1 atom stereocenters. The van der Waals surface area contributed by atoms with Gasteiger partial charge in [-0.05, 0) is 61.5 Å². The van der Waals surface area contributed by atoms with Gasteiger partial charge in [-0.1, -0.05) is 6.07 Å². The monoisotopic (exact) mass is 463 g/mol. The lowest BCUT2D eigenvalue weighted by Crippen LogP contribution is -2.27. The Morgan fingerprint density at radius 1 is 1.03 bits per heavy atom. The average Bonchev–Trinajstić information content (AvgIpc) is 3.33. The van der Waals surface area contributed by atoms with Gasteiger partial charge in [0.05, 0.1) is 22.8 Å². The molecule has 5 rings (SSSR count). The van der Waals surface area contributed by atoms with Crippen LogP contribution in [0, 0.1) is 0 Å². The van der Waals surface area contributed by atoms with Crippen LogP contribution in [-0.4, -0.2) is 25.2 Å². The van der Waals surface area contributed by atoms with Crippen molar-refractivity contribution in [2.24, 2.45) is 7.05 Å². The highest BCUT2D eigenvalue weighted by molar-refractivity contribution is 6.10.